The van der Waals surface area contributed by atoms with Crippen LogP contribution in [0.25, 0.3) is 0 Å². The molecule has 24 heavy (non-hydrogen) atoms. The van der Waals surface area contributed by atoms with Crippen molar-refractivity contribution in [2.24, 2.45) is 0 Å². The van der Waals surface area contributed by atoms with Gasteiger partial charge in [-0.3, -0.25) is 9.59 Å². The minimum atomic E-state index is 0.0611. The van der Waals surface area contributed by atoms with Crippen molar-refractivity contribution in [1.29, 1.82) is 0 Å². The summed E-state index contributed by atoms with van der Waals surface area (Å²) in [5.41, 5.74) is 2.94. The van der Waals surface area contributed by atoms with Gasteiger partial charge in [-0.1, -0.05) is 24.3 Å². The Hall–Kier alpha value is -2.62. The quantitative estimate of drug-likeness (QED) is 0.699. The van der Waals surface area contributed by atoms with Gasteiger partial charge in [-0.25, -0.2) is 0 Å². The number of carbonyl (C=O) groups excluding carboxylic acids is 2. The van der Waals surface area contributed by atoms with E-state index in [0.29, 0.717) is 24.4 Å². The maximum atomic E-state index is 12.3. The molecule has 0 fully saturated rings. The third kappa shape index (κ3) is 4.69. The molecule has 0 unspecified atom stereocenters. The van der Waals surface area contributed by atoms with Gasteiger partial charge in [0.25, 0.3) is 5.91 Å². The van der Waals surface area contributed by atoms with Crippen LogP contribution in [0.15, 0.2) is 48.5 Å². The Morgan fingerprint density at radius 3 is 2.38 bits per heavy atom. The number of ether oxygens (including phenoxy) is 1. The lowest BCUT2D eigenvalue weighted by Gasteiger charge is -2.18. The van der Waals surface area contributed by atoms with Gasteiger partial charge in [0, 0.05) is 18.7 Å². The molecule has 126 valence electrons. The predicted octanol–water partition coefficient (Wildman–Crippen LogP) is 3.34. The van der Waals surface area contributed by atoms with E-state index in [1.807, 2.05) is 67.3 Å². The Labute approximate surface area is 143 Å². The summed E-state index contributed by atoms with van der Waals surface area (Å²) in [7, 11) is 0. The zero-order valence-electron chi connectivity index (χ0n) is 14.2. The second kappa shape index (κ2) is 8.87. The van der Waals surface area contributed by atoms with Gasteiger partial charge in [-0.05, 0) is 55.7 Å². The van der Waals surface area contributed by atoms with Gasteiger partial charge in [-0.15, -0.1) is 0 Å². The standard InChI is InChI=1S/C20H23NO3/c1-3-21(4-2)20(23)18-10-8-16(9-11-18)14-17-6-5-7-19(15-17)24-13-12-22/h5-12,15H,3-4,13-14H2,1-2H3. The summed E-state index contributed by atoms with van der Waals surface area (Å²) in [6.45, 7) is 5.45. The number of hydrogen-bond donors (Lipinski definition) is 0. The molecule has 0 aliphatic heterocycles. The van der Waals surface area contributed by atoms with Crippen molar-refractivity contribution in [3.05, 3.63) is 65.2 Å². The van der Waals surface area contributed by atoms with Crippen molar-refractivity contribution < 1.29 is 14.3 Å². The highest BCUT2D eigenvalue weighted by atomic mass is 16.5. The SMILES string of the molecule is CCN(CC)C(=O)c1ccc(Cc2cccc(OCC=O)c2)cc1. The molecule has 0 N–H and O–H groups in total. The molecule has 4 nitrogen and oxygen atoms in total. The molecule has 0 heterocycles. The lowest BCUT2D eigenvalue weighted by Crippen LogP contribution is -2.30. The van der Waals surface area contributed by atoms with E-state index in [1.54, 1.807) is 0 Å². The second-order valence-corrected chi connectivity index (χ2v) is 5.48. The average molecular weight is 325 g/mol. The summed E-state index contributed by atoms with van der Waals surface area (Å²) >= 11 is 0. The predicted molar refractivity (Wildman–Crippen MR) is 94.5 cm³/mol. The number of rotatable bonds is 8. The molecule has 0 spiro atoms. The first-order chi connectivity index (χ1) is 11.7. The van der Waals surface area contributed by atoms with Crippen molar-refractivity contribution in [3.8, 4) is 5.75 Å². The fraction of sp³-hybridized carbons (Fsp3) is 0.300. The van der Waals surface area contributed by atoms with Crippen LogP contribution in [-0.2, 0) is 11.2 Å². The molecule has 0 saturated heterocycles. The third-order valence-corrected chi connectivity index (χ3v) is 3.88. The molecule has 0 radical (unpaired) electrons. The van der Waals surface area contributed by atoms with E-state index in [2.05, 4.69) is 0 Å². The maximum absolute atomic E-state index is 12.3. The number of aldehydes is 1. The van der Waals surface area contributed by atoms with E-state index in [-0.39, 0.29) is 12.5 Å². The lowest BCUT2D eigenvalue weighted by molar-refractivity contribution is -0.109. The number of amides is 1. The van der Waals surface area contributed by atoms with Crippen LogP contribution in [0.5, 0.6) is 5.75 Å². The molecular formula is C20H23NO3. The van der Waals surface area contributed by atoms with Crippen LogP contribution in [0.2, 0.25) is 0 Å². The first kappa shape index (κ1) is 17.7. The molecule has 2 aromatic rings. The van der Waals surface area contributed by atoms with E-state index in [4.69, 9.17) is 4.74 Å². The smallest absolute Gasteiger partial charge is 0.253 e. The van der Waals surface area contributed by atoms with Gasteiger partial charge in [0.1, 0.15) is 12.4 Å². The highest BCUT2D eigenvalue weighted by molar-refractivity contribution is 5.94. The van der Waals surface area contributed by atoms with Crippen LogP contribution in [0, 0.1) is 0 Å². The van der Waals surface area contributed by atoms with Gasteiger partial charge < -0.3 is 9.64 Å². The molecule has 0 aliphatic carbocycles. The molecule has 2 rings (SSSR count). The molecule has 0 saturated carbocycles. The fourth-order valence-electron chi connectivity index (χ4n) is 2.57. The molecule has 4 heteroatoms. The van der Waals surface area contributed by atoms with Gasteiger partial charge >= 0.3 is 0 Å². The lowest BCUT2D eigenvalue weighted by atomic mass is 10.0. The summed E-state index contributed by atoms with van der Waals surface area (Å²) in [4.78, 5) is 24.5. The normalized spacial score (nSPS) is 10.2. The van der Waals surface area contributed by atoms with E-state index >= 15 is 0 Å². The van der Waals surface area contributed by atoms with Crippen molar-refractivity contribution in [3.63, 3.8) is 0 Å². The first-order valence-electron chi connectivity index (χ1n) is 8.21. The van der Waals surface area contributed by atoms with Crippen LogP contribution in [0.4, 0.5) is 0 Å². The molecule has 0 aliphatic rings. The zero-order valence-corrected chi connectivity index (χ0v) is 14.2. The van der Waals surface area contributed by atoms with Crippen LogP contribution in [0.1, 0.15) is 35.3 Å². The number of hydrogen-bond acceptors (Lipinski definition) is 3. The molecule has 0 atom stereocenters. The van der Waals surface area contributed by atoms with E-state index in [0.717, 1.165) is 23.8 Å². The molecule has 0 bridgehead atoms. The van der Waals surface area contributed by atoms with Crippen molar-refractivity contribution >= 4 is 12.2 Å². The van der Waals surface area contributed by atoms with E-state index in [1.165, 1.54) is 0 Å². The Morgan fingerprint density at radius 1 is 1.04 bits per heavy atom. The van der Waals surface area contributed by atoms with Crippen LogP contribution < -0.4 is 4.74 Å². The number of carbonyl (C=O) groups is 2. The van der Waals surface area contributed by atoms with Gasteiger partial charge in [0.15, 0.2) is 6.29 Å². The van der Waals surface area contributed by atoms with Crippen molar-refractivity contribution in [2.75, 3.05) is 19.7 Å². The van der Waals surface area contributed by atoms with E-state index in [9.17, 15) is 9.59 Å². The van der Waals surface area contributed by atoms with Crippen LogP contribution in [0.3, 0.4) is 0 Å². The summed E-state index contributed by atoms with van der Waals surface area (Å²) in [6.07, 6.45) is 1.48. The maximum Gasteiger partial charge on any atom is 0.253 e. The first-order valence-corrected chi connectivity index (χ1v) is 8.21. The summed E-state index contributed by atoms with van der Waals surface area (Å²) in [5, 5.41) is 0. The monoisotopic (exact) mass is 325 g/mol. The second-order valence-electron chi connectivity index (χ2n) is 5.48. The highest BCUT2D eigenvalue weighted by Crippen LogP contribution is 2.17. The minimum Gasteiger partial charge on any atom is -0.486 e. The Morgan fingerprint density at radius 2 is 1.75 bits per heavy atom. The number of benzene rings is 2. The highest BCUT2D eigenvalue weighted by Gasteiger charge is 2.11. The average Bonchev–Trinajstić information content (AvgIpc) is 2.62. The minimum absolute atomic E-state index is 0.0611. The molecule has 2 aromatic carbocycles. The molecule has 1 amide bonds. The molecular weight excluding hydrogens is 302 g/mol. The van der Waals surface area contributed by atoms with Gasteiger partial charge in [0.2, 0.25) is 0 Å². The summed E-state index contributed by atoms with van der Waals surface area (Å²) in [6, 6.07) is 15.4. The van der Waals surface area contributed by atoms with Crippen molar-refractivity contribution in [2.45, 2.75) is 20.3 Å². The summed E-state index contributed by atoms with van der Waals surface area (Å²) < 4.78 is 5.32. The molecule has 0 aromatic heterocycles. The third-order valence-electron chi connectivity index (χ3n) is 3.88. The Kier molecular flexibility index (Phi) is 6.55. The number of nitrogens with zero attached hydrogens (tertiary/aromatic N) is 1. The topological polar surface area (TPSA) is 46.6 Å². The Balaban J connectivity index is 2.06. The van der Waals surface area contributed by atoms with Crippen LogP contribution in [-0.4, -0.2) is 36.8 Å². The largest absolute Gasteiger partial charge is 0.486 e. The van der Waals surface area contributed by atoms with E-state index < -0.39 is 0 Å². The Bertz CT molecular complexity index is 676. The van der Waals surface area contributed by atoms with Gasteiger partial charge in [0.05, 0.1) is 0 Å². The summed E-state index contributed by atoms with van der Waals surface area (Å²) in [5.74, 6) is 0.753. The zero-order chi connectivity index (χ0) is 17.4. The van der Waals surface area contributed by atoms with Gasteiger partial charge in [-0.2, -0.15) is 0 Å². The van der Waals surface area contributed by atoms with Crippen molar-refractivity contribution in [1.82, 2.24) is 4.90 Å². The fourth-order valence-corrected chi connectivity index (χ4v) is 2.57. The van der Waals surface area contributed by atoms with Crippen LogP contribution >= 0.6 is 0 Å².